The van der Waals surface area contributed by atoms with E-state index in [1.54, 1.807) is 0 Å². The van der Waals surface area contributed by atoms with Crippen molar-refractivity contribution in [3.05, 3.63) is 12.2 Å². The van der Waals surface area contributed by atoms with Crippen molar-refractivity contribution >= 4 is 0 Å². The van der Waals surface area contributed by atoms with Gasteiger partial charge in [0.25, 0.3) is 0 Å². The van der Waals surface area contributed by atoms with Gasteiger partial charge >= 0.3 is 0 Å². The molecule has 0 bridgehead atoms. The van der Waals surface area contributed by atoms with Crippen LogP contribution in [0.25, 0.3) is 0 Å². The van der Waals surface area contributed by atoms with Gasteiger partial charge in [-0.1, -0.05) is 59.1 Å². The summed E-state index contributed by atoms with van der Waals surface area (Å²) in [4.78, 5) is 0. The first kappa shape index (κ1) is 13.7. The average molecular weight is 196 g/mol. The lowest BCUT2D eigenvalue weighted by atomic mass is 9.83. The van der Waals surface area contributed by atoms with Crippen LogP contribution < -0.4 is 0 Å². The van der Waals surface area contributed by atoms with Crippen LogP contribution in [0.3, 0.4) is 0 Å². The smallest absolute Gasteiger partial charge is 0.0346 e. The van der Waals surface area contributed by atoms with E-state index in [1.807, 2.05) is 0 Å². The highest BCUT2D eigenvalue weighted by atomic mass is 14.2. The van der Waals surface area contributed by atoms with Gasteiger partial charge in [-0.15, -0.1) is 0 Å². The van der Waals surface area contributed by atoms with E-state index in [2.05, 4.69) is 39.8 Å². The van der Waals surface area contributed by atoms with Crippen LogP contribution in [-0.2, 0) is 0 Å². The summed E-state index contributed by atoms with van der Waals surface area (Å²) in [7, 11) is 0. The third-order valence-electron chi connectivity index (χ3n) is 2.82. The molecule has 0 aromatic heterocycles. The average Bonchev–Trinajstić information content (AvgIpc) is 2.15. The lowest BCUT2D eigenvalue weighted by molar-refractivity contribution is 0.300. The van der Waals surface area contributed by atoms with Crippen molar-refractivity contribution in [1.29, 1.82) is 0 Å². The highest BCUT2D eigenvalue weighted by molar-refractivity contribution is 4.83. The number of allylic oxidation sites excluding steroid dienone is 2. The molecule has 0 fully saturated rings. The fraction of sp³-hybridized carbons (Fsp3) is 0.857. The molecule has 84 valence electrons. The predicted molar refractivity (Wildman–Crippen MR) is 66.6 cm³/mol. The number of unbranched alkanes of at least 4 members (excludes halogenated alkanes) is 2. The standard InChI is InChI=1S/C14H28/c1-5-7-9-10-11-13-14(3,4)12-8-6-2/h9-10H,5-8,11-13H2,1-4H3/b10-9+. The van der Waals surface area contributed by atoms with E-state index in [4.69, 9.17) is 0 Å². The van der Waals surface area contributed by atoms with Crippen LogP contribution in [-0.4, -0.2) is 0 Å². The summed E-state index contributed by atoms with van der Waals surface area (Å²) < 4.78 is 0. The van der Waals surface area contributed by atoms with E-state index in [0.29, 0.717) is 5.41 Å². The minimum atomic E-state index is 0.548. The minimum absolute atomic E-state index is 0.548. The largest absolute Gasteiger partial charge is 0.0885 e. The molecule has 0 saturated carbocycles. The molecule has 0 saturated heterocycles. The summed E-state index contributed by atoms with van der Waals surface area (Å²) in [5.74, 6) is 0. The van der Waals surface area contributed by atoms with Crippen LogP contribution in [0.1, 0.15) is 72.6 Å². The highest BCUT2D eigenvalue weighted by Gasteiger charge is 2.15. The molecule has 0 heterocycles. The molecule has 0 radical (unpaired) electrons. The van der Waals surface area contributed by atoms with Crippen LogP contribution in [0, 0.1) is 5.41 Å². The van der Waals surface area contributed by atoms with Crippen LogP contribution in [0.5, 0.6) is 0 Å². The SMILES string of the molecule is CCC/C=C/CCC(C)(C)CCCC. The molecular weight excluding hydrogens is 168 g/mol. The molecule has 0 aliphatic heterocycles. The molecule has 0 heteroatoms. The normalized spacial score (nSPS) is 12.6. The van der Waals surface area contributed by atoms with E-state index in [0.717, 1.165) is 0 Å². The molecule has 0 aliphatic carbocycles. The van der Waals surface area contributed by atoms with Crippen molar-refractivity contribution in [3.8, 4) is 0 Å². The Hall–Kier alpha value is -0.260. The summed E-state index contributed by atoms with van der Waals surface area (Å²) >= 11 is 0. The van der Waals surface area contributed by atoms with Gasteiger partial charge in [-0.25, -0.2) is 0 Å². The third-order valence-corrected chi connectivity index (χ3v) is 2.82. The molecule has 0 aromatic carbocycles. The molecule has 0 aliphatic rings. The molecule has 0 aromatic rings. The van der Waals surface area contributed by atoms with E-state index in [-0.39, 0.29) is 0 Å². The first-order chi connectivity index (χ1) is 6.62. The van der Waals surface area contributed by atoms with Crippen LogP contribution in [0.2, 0.25) is 0 Å². The Balaban J connectivity index is 3.54. The maximum absolute atomic E-state index is 2.40. The van der Waals surface area contributed by atoms with Gasteiger partial charge in [-0.3, -0.25) is 0 Å². The predicted octanol–water partition coefficient (Wildman–Crippen LogP) is 5.34. The van der Waals surface area contributed by atoms with Gasteiger partial charge in [-0.05, 0) is 31.1 Å². The molecule has 0 N–H and O–H groups in total. The Morgan fingerprint density at radius 1 is 0.857 bits per heavy atom. The quantitative estimate of drug-likeness (QED) is 0.460. The number of hydrogen-bond acceptors (Lipinski definition) is 0. The molecule has 0 nitrogen and oxygen atoms in total. The lowest BCUT2D eigenvalue weighted by Gasteiger charge is -2.23. The zero-order valence-corrected chi connectivity index (χ0v) is 10.6. The van der Waals surface area contributed by atoms with Gasteiger partial charge < -0.3 is 0 Å². The Bertz CT molecular complexity index is 142. The van der Waals surface area contributed by atoms with Gasteiger partial charge in [0, 0.05) is 0 Å². The highest BCUT2D eigenvalue weighted by Crippen LogP contribution is 2.28. The third kappa shape index (κ3) is 8.34. The zero-order chi connectivity index (χ0) is 10.9. The Kier molecular flexibility index (Phi) is 7.93. The van der Waals surface area contributed by atoms with E-state index >= 15 is 0 Å². The second-order valence-electron chi connectivity index (χ2n) is 5.07. The molecule has 0 amide bonds. The Morgan fingerprint density at radius 2 is 1.50 bits per heavy atom. The van der Waals surface area contributed by atoms with Gasteiger partial charge in [0.05, 0.1) is 0 Å². The maximum atomic E-state index is 2.40. The monoisotopic (exact) mass is 196 g/mol. The van der Waals surface area contributed by atoms with Gasteiger partial charge in [0.15, 0.2) is 0 Å². The second-order valence-corrected chi connectivity index (χ2v) is 5.07. The van der Waals surface area contributed by atoms with Gasteiger partial charge in [-0.2, -0.15) is 0 Å². The summed E-state index contributed by atoms with van der Waals surface area (Å²) in [5.41, 5.74) is 0.548. The first-order valence-electron chi connectivity index (χ1n) is 6.27. The van der Waals surface area contributed by atoms with E-state index in [9.17, 15) is 0 Å². The van der Waals surface area contributed by atoms with Crippen molar-refractivity contribution in [2.24, 2.45) is 5.41 Å². The topological polar surface area (TPSA) is 0 Å². The maximum Gasteiger partial charge on any atom is -0.0346 e. The molecular formula is C14H28. The van der Waals surface area contributed by atoms with Crippen LogP contribution in [0.15, 0.2) is 12.2 Å². The summed E-state index contributed by atoms with van der Waals surface area (Å²) in [6, 6.07) is 0. The molecule has 0 rings (SSSR count). The van der Waals surface area contributed by atoms with Crippen molar-refractivity contribution < 1.29 is 0 Å². The molecule has 14 heavy (non-hydrogen) atoms. The van der Waals surface area contributed by atoms with Crippen molar-refractivity contribution in [3.63, 3.8) is 0 Å². The summed E-state index contributed by atoms with van der Waals surface area (Å²) in [6.45, 7) is 9.30. The zero-order valence-electron chi connectivity index (χ0n) is 10.6. The fourth-order valence-electron chi connectivity index (χ4n) is 1.66. The molecule has 0 spiro atoms. The summed E-state index contributed by atoms with van der Waals surface area (Å²) in [6.07, 6.45) is 13.9. The van der Waals surface area contributed by atoms with Crippen molar-refractivity contribution in [1.82, 2.24) is 0 Å². The number of hydrogen-bond donors (Lipinski definition) is 0. The van der Waals surface area contributed by atoms with E-state index in [1.165, 1.54) is 44.9 Å². The molecule has 0 atom stereocenters. The Morgan fingerprint density at radius 3 is 2.07 bits per heavy atom. The first-order valence-corrected chi connectivity index (χ1v) is 6.27. The van der Waals surface area contributed by atoms with Gasteiger partial charge in [0.1, 0.15) is 0 Å². The van der Waals surface area contributed by atoms with Crippen molar-refractivity contribution in [2.75, 3.05) is 0 Å². The van der Waals surface area contributed by atoms with E-state index < -0.39 is 0 Å². The van der Waals surface area contributed by atoms with Crippen LogP contribution in [0.4, 0.5) is 0 Å². The fourth-order valence-corrected chi connectivity index (χ4v) is 1.66. The summed E-state index contributed by atoms with van der Waals surface area (Å²) in [5, 5.41) is 0. The molecule has 0 unspecified atom stereocenters. The van der Waals surface area contributed by atoms with Crippen LogP contribution >= 0.6 is 0 Å². The second kappa shape index (κ2) is 8.08. The van der Waals surface area contributed by atoms with Crippen molar-refractivity contribution in [2.45, 2.75) is 72.6 Å². The number of rotatable bonds is 8. The van der Waals surface area contributed by atoms with Gasteiger partial charge in [0.2, 0.25) is 0 Å². The Labute approximate surface area is 90.8 Å². The lowest BCUT2D eigenvalue weighted by Crippen LogP contribution is -2.10. The minimum Gasteiger partial charge on any atom is -0.0885 e.